The van der Waals surface area contributed by atoms with Crippen LogP contribution in [0.3, 0.4) is 0 Å². The number of hydrogen-bond donors (Lipinski definition) is 0. The second-order valence-electron chi connectivity index (χ2n) is 4.09. The van der Waals surface area contributed by atoms with Crippen LogP contribution in [0.4, 0.5) is 5.95 Å². The summed E-state index contributed by atoms with van der Waals surface area (Å²) < 4.78 is 5.06. The van der Waals surface area contributed by atoms with E-state index in [2.05, 4.69) is 9.97 Å². The van der Waals surface area contributed by atoms with E-state index in [1.807, 2.05) is 11.8 Å². The molecule has 0 unspecified atom stereocenters. The van der Waals surface area contributed by atoms with Crippen LogP contribution in [0.25, 0.3) is 0 Å². The Balaban J connectivity index is 2.00. The Hall–Kier alpha value is -1.65. The molecule has 0 spiro atoms. The minimum atomic E-state index is -0.104. The summed E-state index contributed by atoms with van der Waals surface area (Å²) in [5, 5.41) is 0. The molecule has 5 nitrogen and oxygen atoms in total. The lowest BCUT2D eigenvalue weighted by molar-refractivity contribution is -0.148. The summed E-state index contributed by atoms with van der Waals surface area (Å²) in [5.41, 5.74) is 0. The second kappa shape index (κ2) is 5.61. The van der Waals surface area contributed by atoms with Crippen LogP contribution in [0.15, 0.2) is 18.5 Å². The lowest BCUT2D eigenvalue weighted by atomic mass is 9.98. The van der Waals surface area contributed by atoms with E-state index < -0.39 is 0 Å². The van der Waals surface area contributed by atoms with Gasteiger partial charge in [0.05, 0.1) is 12.5 Å². The van der Waals surface area contributed by atoms with E-state index in [0.29, 0.717) is 19.1 Å². The molecular weight excluding hydrogens is 218 g/mol. The van der Waals surface area contributed by atoms with E-state index in [9.17, 15) is 4.79 Å². The molecule has 5 heteroatoms. The fourth-order valence-electron chi connectivity index (χ4n) is 2.07. The van der Waals surface area contributed by atoms with Gasteiger partial charge < -0.3 is 9.64 Å². The standard InChI is InChI=1S/C12H17N3O2/c1-2-17-11(16)10-5-3-8-15(9-10)12-13-6-4-7-14-12/h4,6-7,10H,2-3,5,8-9H2,1H3/t10-/m1/s1. The fourth-order valence-corrected chi connectivity index (χ4v) is 2.07. The van der Waals surface area contributed by atoms with Crippen LogP contribution in [0.2, 0.25) is 0 Å². The van der Waals surface area contributed by atoms with Crippen molar-refractivity contribution in [2.75, 3.05) is 24.6 Å². The number of anilines is 1. The van der Waals surface area contributed by atoms with E-state index >= 15 is 0 Å². The summed E-state index contributed by atoms with van der Waals surface area (Å²) in [7, 11) is 0. The molecule has 1 fully saturated rings. The van der Waals surface area contributed by atoms with Gasteiger partial charge in [-0.3, -0.25) is 4.79 Å². The smallest absolute Gasteiger partial charge is 0.310 e. The van der Waals surface area contributed by atoms with Crippen molar-refractivity contribution in [3.8, 4) is 0 Å². The molecule has 0 amide bonds. The molecule has 92 valence electrons. The Bertz CT molecular complexity index is 369. The SMILES string of the molecule is CCOC(=O)[C@@H]1CCCN(c2ncccn2)C1. The minimum absolute atomic E-state index is 0.0486. The summed E-state index contributed by atoms with van der Waals surface area (Å²) >= 11 is 0. The van der Waals surface area contributed by atoms with Gasteiger partial charge in [-0.1, -0.05) is 0 Å². The molecule has 1 aliphatic rings. The molecule has 1 aliphatic heterocycles. The average molecular weight is 235 g/mol. The molecule has 0 saturated carbocycles. The monoisotopic (exact) mass is 235 g/mol. The van der Waals surface area contributed by atoms with Crippen molar-refractivity contribution in [3.63, 3.8) is 0 Å². The van der Waals surface area contributed by atoms with Gasteiger partial charge in [0.1, 0.15) is 0 Å². The summed E-state index contributed by atoms with van der Waals surface area (Å²) in [4.78, 5) is 22.1. The first kappa shape index (κ1) is 11.8. The molecule has 0 radical (unpaired) electrons. The van der Waals surface area contributed by atoms with Crippen LogP contribution in [-0.2, 0) is 9.53 Å². The number of esters is 1. The van der Waals surface area contributed by atoms with E-state index in [0.717, 1.165) is 19.4 Å². The molecule has 2 rings (SSSR count). The van der Waals surface area contributed by atoms with E-state index in [1.54, 1.807) is 18.5 Å². The lowest BCUT2D eigenvalue weighted by Gasteiger charge is -2.31. The first-order valence-corrected chi connectivity index (χ1v) is 6.00. The number of rotatable bonds is 3. The molecule has 1 aromatic rings. The van der Waals surface area contributed by atoms with Crippen LogP contribution < -0.4 is 4.90 Å². The summed E-state index contributed by atoms with van der Waals surface area (Å²) in [6, 6.07) is 1.79. The van der Waals surface area contributed by atoms with Crippen molar-refractivity contribution in [2.45, 2.75) is 19.8 Å². The van der Waals surface area contributed by atoms with Crippen molar-refractivity contribution in [1.82, 2.24) is 9.97 Å². The highest BCUT2D eigenvalue weighted by Crippen LogP contribution is 2.20. The Labute approximate surface area is 101 Å². The molecule has 1 aromatic heterocycles. The Morgan fingerprint density at radius 2 is 2.29 bits per heavy atom. The van der Waals surface area contributed by atoms with Crippen molar-refractivity contribution in [2.24, 2.45) is 5.92 Å². The predicted molar refractivity (Wildman–Crippen MR) is 63.6 cm³/mol. The van der Waals surface area contributed by atoms with Gasteiger partial charge in [0.25, 0.3) is 0 Å². The van der Waals surface area contributed by atoms with Crippen LogP contribution >= 0.6 is 0 Å². The van der Waals surface area contributed by atoms with Crippen LogP contribution in [-0.4, -0.2) is 35.6 Å². The predicted octanol–water partition coefficient (Wildman–Crippen LogP) is 1.26. The first-order valence-electron chi connectivity index (χ1n) is 6.00. The number of piperidine rings is 1. The highest BCUT2D eigenvalue weighted by atomic mass is 16.5. The quantitative estimate of drug-likeness (QED) is 0.738. The molecule has 2 heterocycles. The molecule has 0 N–H and O–H groups in total. The van der Waals surface area contributed by atoms with Crippen LogP contribution in [0, 0.1) is 5.92 Å². The molecular formula is C12H17N3O2. The lowest BCUT2D eigenvalue weighted by Crippen LogP contribution is -2.40. The highest BCUT2D eigenvalue weighted by molar-refractivity contribution is 5.73. The Morgan fingerprint density at radius 1 is 1.53 bits per heavy atom. The average Bonchev–Trinajstić information content (AvgIpc) is 2.40. The number of aromatic nitrogens is 2. The van der Waals surface area contributed by atoms with E-state index in [-0.39, 0.29) is 11.9 Å². The third-order valence-corrected chi connectivity index (χ3v) is 2.88. The van der Waals surface area contributed by atoms with Gasteiger partial charge in [-0.05, 0) is 25.8 Å². The summed E-state index contributed by atoms with van der Waals surface area (Å²) in [6.07, 6.45) is 5.30. The van der Waals surface area contributed by atoms with Gasteiger partial charge in [0, 0.05) is 25.5 Å². The van der Waals surface area contributed by atoms with Gasteiger partial charge in [-0.25, -0.2) is 9.97 Å². The molecule has 0 bridgehead atoms. The third kappa shape index (κ3) is 2.93. The van der Waals surface area contributed by atoms with Crippen molar-refractivity contribution < 1.29 is 9.53 Å². The number of nitrogens with zero attached hydrogens (tertiary/aromatic N) is 3. The normalized spacial score (nSPS) is 20.1. The number of carbonyl (C=O) groups excluding carboxylic acids is 1. The fraction of sp³-hybridized carbons (Fsp3) is 0.583. The zero-order chi connectivity index (χ0) is 12.1. The zero-order valence-corrected chi connectivity index (χ0v) is 10.0. The topological polar surface area (TPSA) is 55.3 Å². The maximum absolute atomic E-state index is 11.7. The molecule has 17 heavy (non-hydrogen) atoms. The summed E-state index contributed by atoms with van der Waals surface area (Å²) in [6.45, 7) is 3.83. The molecule has 0 aliphatic carbocycles. The van der Waals surface area contributed by atoms with E-state index in [4.69, 9.17) is 4.74 Å². The maximum Gasteiger partial charge on any atom is 0.310 e. The van der Waals surface area contributed by atoms with Crippen LogP contribution in [0.1, 0.15) is 19.8 Å². The highest BCUT2D eigenvalue weighted by Gasteiger charge is 2.27. The minimum Gasteiger partial charge on any atom is -0.466 e. The van der Waals surface area contributed by atoms with Gasteiger partial charge in [-0.15, -0.1) is 0 Å². The van der Waals surface area contributed by atoms with E-state index in [1.165, 1.54) is 0 Å². The third-order valence-electron chi connectivity index (χ3n) is 2.88. The van der Waals surface area contributed by atoms with Crippen LogP contribution in [0.5, 0.6) is 0 Å². The zero-order valence-electron chi connectivity index (χ0n) is 10.0. The largest absolute Gasteiger partial charge is 0.466 e. The number of ether oxygens (including phenoxy) is 1. The van der Waals surface area contributed by atoms with Gasteiger partial charge in [0.2, 0.25) is 5.95 Å². The maximum atomic E-state index is 11.7. The Morgan fingerprint density at radius 3 is 3.00 bits per heavy atom. The van der Waals surface area contributed by atoms with Gasteiger partial charge >= 0.3 is 5.97 Å². The number of hydrogen-bond acceptors (Lipinski definition) is 5. The van der Waals surface area contributed by atoms with Crippen molar-refractivity contribution in [1.29, 1.82) is 0 Å². The van der Waals surface area contributed by atoms with Gasteiger partial charge in [0.15, 0.2) is 0 Å². The molecule has 1 atom stereocenters. The summed E-state index contributed by atoms with van der Waals surface area (Å²) in [5.74, 6) is 0.544. The number of carbonyl (C=O) groups is 1. The molecule has 0 aromatic carbocycles. The first-order chi connectivity index (χ1) is 8.31. The van der Waals surface area contributed by atoms with Crippen molar-refractivity contribution >= 4 is 11.9 Å². The molecule has 1 saturated heterocycles. The second-order valence-corrected chi connectivity index (χ2v) is 4.09. The van der Waals surface area contributed by atoms with Crippen molar-refractivity contribution in [3.05, 3.63) is 18.5 Å². The van der Waals surface area contributed by atoms with Gasteiger partial charge in [-0.2, -0.15) is 0 Å². The Kier molecular flexibility index (Phi) is 3.90.